The second-order valence-electron chi connectivity index (χ2n) is 3.81. The van der Waals surface area contributed by atoms with E-state index in [1.54, 1.807) is 0 Å². The Balaban J connectivity index is 2.18. The molecular formula is C11H15BrN2. The lowest BCUT2D eigenvalue weighted by Gasteiger charge is -2.23. The molecule has 0 spiro atoms. The van der Waals surface area contributed by atoms with Crippen LogP contribution in [0, 0.1) is 6.92 Å². The third kappa shape index (κ3) is 2.15. The molecule has 1 aromatic heterocycles. The summed E-state index contributed by atoms with van der Waals surface area (Å²) in [5, 5.41) is 3.50. The Hall–Kier alpha value is -0.410. The summed E-state index contributed by atoms with van der Waals surface area (Å²) in [5.41, 5.74) is 2.26. The molecule has 3 heteroatoms. The van der Waals surface area contributed by atoms with Gasteiger partial charge in [0.2, 0.25) is 0 Å². The van der Waals surface area contributed by atoms with Gasteiger partial charge in [-0.1, -0.05) is 6.42 Å². The third-order valence-electron chi connectivity index (χ3n) is 2.71. The Morgan fingerprint density at radius 2 is 2.29 bits per heavy atom. The Morgan fingerprint density at radius 1 is 1.43 bits per heavy atom. The average molecular weight is 255 g/mol. The van der Waals surface area contributed by atoms with Crippen molar-refractivity contribution in [3.63, 3.8) is 0 Å². The van der Waals surface area contributed by atoms with Gasteiger partial charge < -0.3 is 5.32 Å². The fourth-order valence-corrected chi connectivity index (χ4v) is 2.08. The highest BCUT2D eigenvalue weighted by atomic mass is 79.9. The van der Waals surface area contributed by atoms with E-state index < -0.39 is 0 Å². The fourth-order valence-electron chi connectivity index (χ4n) is 1.86. The third-order valence-corrected chi connectivity index (χ3v) is 3.55. The zero-order chi connectivity index (χ0) is 9.97. The molecule has 0 aliphatic carbocycles. The number of halogens is 1. The summed E-state index contributed by atoms with van der Waals surface area (Å²) in [6, 6.07) is 4.67. The van der Waals surface area contributed by atoms with E-state index in [-0.39, 0.29) is 0 Å². The molecule has 0 bridgehead atoms. The first-order valence-electron chi connectivity index (χ1n) is 5.14. The average Bonchev–Trinajstić information content (AvgIpc) is 2.23. The number of nitrogens with zero attached hydrogens (tertiary/aromatic N) is 1. The van der Waals surface area contributed by atoms with Gasteiger partial charge in [0.1, 0.15) is 0 Å². The molecule has 1 aliphatic heterocycles. The SMILES string of the molecule is Cc1nc(C2CCCCN2)ccc1Br. The second-order valence-corrected chi connectivity index (χ2v) is 4.66. The van der Waals surface area contributed by atoms with Crippen LogP contribution in [0.4, 0.5) is 0 Å². The highest BCUT2D eigenvalue weighted by Crippen LogP contribution is 2.23. The van der Waals surface area contributed by atoms with Gasteiger partial charge in [-0.15, -0.1) is 0 Å². The Labute approximate surface area is 93.3 Å². The van der Waals surface area contributed by atoms with E-state index in [9.17, 15) is 0 Å². The van der Waals surface area contributed by atoms with Crippen molar-refractivity contribution in [2.75, 3.05) is 6.54 Å². The summed E-state index contributed by atoms with van der Waals surface area (Å²) < 4.78 is 1.09. The first kappa shape index (κ1) is 10.1. The number of nitrogens with one attached hydrogen (secondary N) is 1. The topological polar surface area (TPSA) is 24.9 Å². The van der Waals surface area contributed by atoms with Crippen LogP contribution in [0.1, 0.15) is 36.7 Å². The lowest BCUT2D eigenvalue weighted by atomic mass is 10.0. The van der Waals surface area contributed by atoms with Crippen LogP contribution in [0.2, 0.25) is 0 Å². The first-order valence-corrected chi connectivity index (χ1v) is 5.93. The second kappa shape index (κ2) is 4.41. The minimum absolute atomic E-state index is 0.468. The monoisotopic (exact) mass is 254 g/mol. The molecular weight excluding hydrogens is 240 g/mol. The smallest absolute Gasteiger partial charge is 0.0577 e. The van der Waals surface area contributed by atoms with Crippen LogP contribution in [-0.2, 0) is 0 Å². The molecule has 1 aromatic rings. The van der Waals surface area contributed by atoms with Crippen molar-refractivity contribution in [2.24, 2.45) is 0 Å². The molecule has 2 rings (SSSR count). The molecule has 0 aromatic carbocycles. The molecule has 2 heterocycles. The quantitative estimate of drug-likeness (QED) is 0.834. The highest BCUT2D eigenvalue weighted by molar-refractivity contribution is 9.10. The molecule has 0 radical (unpaired) electrons. The number of piperidine rings is 1. The molecule has 0 saturated carbocycles. The van der Waals surface area contributed by atoms with Gasteiger partial charge in [-0.3, -0.25) is 4.98 Å². The summed E-state index contributed by atoms with van der Waals surface area (Å²) >= 11 is 3.47. The standard InChI is InChI=1S/C11H15BrN2/c1-8-9(12)5-6-11(14-8)10-4-2-3-7-13-10/h5-6,10,13H,2-4,7H2,1H3. The first-order chi connectivity index (χ1) is 6.77. The van der Waals surface area contributed by atoms with Crippen molar-refractivity contribution in [2.45, 2.75) is 32.2 Å². The lowest BCUT2D eigenvalue weighted by Crippen LogP contribution is -2.27. The maximum Gasteiger partial charge on any atom is 0.0577 e. The molecule has 14 heavy (non-hydrogen) atoms. The summed E-state index contributed by atoms with van der Waals surface area (Å²) in [6.45, 7) is 3.16. The summed E-state index contributed by atoms with van der Waals surface area (Å²) in [4.78, 5) is 4.59. The van der Waals surface area contributed by atoms with E-state index in [4.69, 9.17) is 0 Å². The van der Waals surface area contributed by atoms with E-state index >= 15 is 0 Å². The molecule has 2 nitrogen and oxygen atoms in total. The van der Waals surface area contributed by atoms with Crippen LogP contribution in [0.5, 0.6) is 0 Å². The van der Waals surface area contributed by atoms with Gasteiger partial charge in [0.15, 0.2) is 0 Å². The Morgan fingerprint density at radius 3 is 2.93 bits per heavy atom. The number of pyridine rings is 1. The van der Waals surface area contributed by atoms with Crippen LogP contribution in [0.25, 0.3) is 0 Å². The van der Waals surface area contributed by atoms with E-state index in [1.807, 2.05) is 6.92 Å². The molecule has 1 N–H and O–H groups in total. The van der Waals surface area contributed by atoms with Gasteiger partial charge >= 0.3 is 0 Å². The minimum atomic E-state index is 0.468. The molecule has 1 fully saturated rings. The van der Waals surface area contributed by atoms with E-state index in [2.05, 4.69) is 38.4 Å². The summed E-state index contributed by atoms with van der Waals surface area (Å²) in [5.74, 6) is 0. The van der Waals surface area contributed by atoms with Crippen LogP contribution in [-0.4, -0.2) is 11.5 Å². The Kier molecular flexibility index (Phi) is 3.19. The fraction of sp³-hybridized carbons (Fsp3) is 0.545. The number of hydrogen-bond acceptors (Lipinski definition) is 2. The molecule has 1 aliphatic rings. The normalized spacial score (nSPS) is 22.3. The molecule has 1 atom stereocenters. The largest absolute Gasteiger partial charge is 0.309 e. The van der Waals surface area contributed by atoms with E-state index in [0.29, 0.717) is 6.04 Å². The maximum atomic E-state index is 4.59. The predicted octanol–water partition coefficient (Wildman–Crippen LogP) is 2.97. The summed E-state index contributed by atoms with van der Waals surface area (Å²) in [6.07, 6.45) is 3.83. The maximum absolute atomic E-state index is 4.59. The van der Waals surface area contributed by atoms with Crippen LogP contribution >= 0.6 is 15.9 Å². The van der Waals surface area contributed by atoms with Crippen molar-refractivity contribution in [1.82, 2.24) is 10.3 Å². The van der Waals surface area contributed by atoms with Gasteiger partial charge in [0.05, 0.1) is 11.4 Å². The van der Waals surface area contributed by atoms with Crippen molar-refractivity contribution in [3.8, 4) is 0 Å². The predicted molar refractivity (Wildman–Crippen MR) is 61.3 cm³/mol. The van der Waals surface area contributed by atoms with Crippen LogP contribution in [0.15, 0.2) is 16.6 Å². The number of rotatable bonds is 1. The number of aromatic nitrogens is 1. The van der Waals surface area contributed by atoms with Crippen LogP contribution in [0.3, 0.4) is 0 Å². The van der Waals surface area contributed by atoms with Crippen molar-refractivity contribution >= 4 is 15.9 Å². The zero-order valence-electron chi connectivity index (χ0n) is 8.39. The molecule has 0 amide bonds. The molecule has 1 saturated heterocycles. The van der Waals surface area contributed by atoms with Crippen molar-refractivity contribution in [1.29, 1.82) is 0 Å². The van der Waals surface area contributed by atoms with Crippen molar-refractivity contribution < 1.29 is 0 Å². The van der Waals surface area contributed by atoms with E-state index in [1.165, 1.54) is 25.0 Å². The zero-order valence-corrected chi connectivity index (χ0v) is 9.97. The summed E-state index contributed by atoms with van der Waals surface area (Å²) in [7, 11) is 0. The number of hydrogen-bond donors (Lipinski definition) is 1. The minimum Gasteiger partial charge on any atom is -0.309 e. The Bertz CT molecular complexity index is 319. The van der Waals surface area contributed by atoms with Crippen LogP contribution < -0.4 is 5.32 Å². The lowest BCUT2D eigenvalue weighted by molar-refractivity contribution is 0.405. The van der Waals surface area contributed by atoms with E-state index in [0.717, 1.165) is 16.7 Å². The highest BCUT2D eigenvalue weighted by Gasteiger charge is 2.15. The van der Waals surface area contributed by atoms with Gasteiger partial charge in [0.25, 0.3) is 0 Å². The molecule has 76 valence electrons. The van der Waals surface area contributed by atoms with Gasteiger partial charge in [-0.25, -0.2) is 0 Å². The number of aryl methyl sites for hydroxylation is 1. The van der Waals surface area contributed by atoms with Gasteiger partial charge in [-0.05, 0) is 54.4 Å². The van der Waals surface area contributed by atoms with Crippen molar-refractivity contribution in [3.05, 3.63) is 28.0 Å². The van der Waals surface area contributed by atoms with Gasteiger partial charge in [-0.2, -0.15) is 0 Å². The van der Waals surface area contributed by atoms with Gasteiger partial charge in [0, 0.05) is 10.5 Å². The molecule has 1 unspecified atom stereocenters.